The Morgan fingerprint density at radius 3 is 2.48 bits per heavy atom. The third-order valence-electron chi connectivity index (χ3n) is 7.22. The molecular formula is C27H27ClN4S. The molecule has 2 aromatic heterocycles. The van der Waals surface area contributed by atoms with Crippen LogP contribution in [0.25, 0.3) is 22.0 Å². The van der Waals surface area contributed by atoms with Gasteiger partial charge in [-0.1, -0.05) is 35.9 Å². The van der Waals surface area contributed by atoms with Crippen molar-refractivity contribution in [2.75, 3.05) is 6.54 Å². The summed E-state index contributed by atoms with van der Waals surface area (Å²) in [5.41, 5.74) is 7.54. The maximum Gasteiger partial charge on any atom is 0.109 e. The third kappa shape index (κ3) is 3.50. The molecule has 1 fully saturated rings. The molecule has 4 nitrogen and oxygen atoms in total. The highest BCUT2D eigenvalue weighted by molar-refractivity contribution is 7.80. The van der Waals surface area contributed by atoms with Crippen LogP contribution in [0.3, 0.4) is 0 Å². The molecule has 4 heterocycles. The number of nitrogens with zero attached hydrogens (tertiary/aromatic N) is 3. The molecule has 33 heavy (non-hydrogen) atoms. The van der Waals surface area contributed by atoms with Crippen molar-refractivity contribution in [2.24, 2.45) is 0 Å². The van der Waals surface area contributed by atoms with E-state index in [-0.39, 0.29) is 11.5 Å². The lowest BCUT2D eigenvalue weighted by Crippen LogP contribution is -2.45. The second-order valence-corrected chi connectivity index (χ2v) is 10.3. The van der Waals surface area contributed by atoms with E-state index in [9.17, 15) is 0 Å². The number of benzene rings is 2. The molecule has 1 N–H and O–H groups in total. The van der Waals surface area contributed by atoms with E-state index in [1.807, 2.05) is 18.5 Å². The molecule has 0 aliphatic carbocycles. The zero-order valence-corrected chi connectivity index (χ0v) is 20.4. The predicted molar refractivity (Wildman–Crippen MR) is 139 cm³/mol. The number of fused-ring (bicyclic) bond motifs is 4. The molecule has 6 heteroatoms. The Morgan fingerprint density at radius 2 is 1.76 bits per heavy atom. The molecule has 0 saturated carbocycles. The lowest BCUT2D eigenvalue weighted by molar-refractivity contribution is 0.133. The molecule has 2 aromatic carbocycles. The van der Waals surface area contributed by atoms with Crippen molar-refractivity contribution in [3.63, 3.8) is 0 Å². The fraction of sp³-hybridized carbons (Fsp3) is 0.296. The van der Waals surface area contributed by atoms with Gasteiger partial charge in [0.05, 0.1) is 6.04 Å². The standard InChI is InChI=1S/C27H27ClN4S/c1-16(2)31-15-21-14-23-22-13-20(28)7-8-24(22)30-25(23)26(32(21)27(31)33)19-5-3-17(4-6-19)18-9-11-29-12-10-18/h3-13,16,21,26-27,30,33H,14-15H2,1-2H3. The number of aromatic amines is 1. The molecule has 3 atom stereocenters. The van der Waals surface area contributed by atoms with Crippen molar-refractivity contribution < 1.29 is 0 Å². The zero-order chi connectivity index (χ0) is 22.7. The van der Waals surface area contributed by atoms with Gasteiger partial charge in [-0.15, -0.1) is 12.6 Å². The molecule has 3 unspecified atom stereocenters. The Hall–Kier alpha value is -2.31. The summed E-state index contributed by atoms with van der Waals surface area (Å²) in [6, 6.07) is 20.2. The quantitative estimate of drug-likeness (QED) is 0.350. The Labute approximate surface area is 205 Å². The van der Waals surface area contributed by atoms with Gasteiger partial charge >= 0.3 is 0 Å². The van der Waals surface area contributed by atoms with Gasteiger partial charge in [0.2, 0.25) is 0 Å². The van der Waals surface area contributed by atoms with E-state index in [0.717, 1.165) is 23.5 Å². The number of pyridine rings is 1. The largest absolute Gasteiger partial charge is 0.357 e. The van der Waals surface area contributed by atoms with Gasteiger partial charge in [-0.25, -0.2) is 0 Å². The van der Waals surface area contributed by atoms with Crippen LogP contribution in [0.2, 0.25) is 5.02 Å². The second kappa shape index (κ2) is 8.17. The summed E-state index contributed by atoms with van der Waals surface area (Å²) in [7, 11) is 0. The Bertz CT molecular complexity index is 1300. The average molecular weight is 475 g/mol. The molecular weight excluding hydrogens is 448 g/mol. The zero-order valence-electron chi connectivity index (χ0n) is 18.7. The first-order valence-electron chi connectivity index (χ1n) is 11.5. The molecule has 0 spiro atoms. The molecule has 6 rings (SSSR count). The molecule has 2 aliphatic rings. The van der Waals surface area contributed by atoms with Crippen molar-refractivity contribution in [3.05, 3.63) is 88.8 Å². The molecule has 4 aromatic rings. The van der Waals surface area contributed by atoms with Gasteiger partial charge in [0.1, 0.15) is 5.50 Å². The smallest absolute Gasteiger partial charge is 0.109 e. The minimum absolute atomic E-state index is 0.0722. The normalized spacial score (nSPS) is 23.2. The number of rotatable bonds is 3. The molecule has 0 bridgehead atoms. The van der Waals surface area contributed by atoms with Gasteiger partial charge in [-0.3, -0.25) is 14.8 Å². The van der Waals surface area contributed by atoms with Crippen LogP contribution in [0.4, 0.5) is 0 Å². The van der Waals surface area contributed by atoms with Gasteiger partial charge in [0, 0.05) is 52.6 Å². The molecule has 0 amide bonds. The van der Waals surface area contributed by atoms with Crippen molar-refractivity contribution in [3.8, 4) is 11.1 Å². The number of nitrogens with one attached hydrogen (secondary N) is 1. The van der Waals surface area contributed by atoms with Gasteiger partial charge in [-0.05, 0) is 72.9 Å². The number of hydrogen-bond acceptors (Lipinski definition) is 4. The van der Waals surface area contributed by atoms with Crippen molar-refractivity contribution in [2.45, 2.75) is 43.9 Å². The minimum Gasteiger partial charge on any atom is -0.357 e. The van der Waals surface area contributed by atoms with E-state index in [2.05, 4.69) is 82.1 Å². The Kier molecular flexibility index (Phi) is 5.26. The molecule has 1 saturated heterocycles. The van der Waals surface area contributed by atoms with Gasteiger partial charge in [0.25, 0.3) is 0 Å². The van der Waals surface area contributed by atoms with E-state index < -0.39 is 0 Å². The van der Waals surface area contributed by atoms with Gasteiger partial charge in [0.15, 0.2) is 0 Å². The fourth-order valence-electron chi connectivity index (χ4n) is 5.60. The van der Waals surface area contributed by atoms with Crippen LogP contribution in [0, 0.1) is 0 Å². The van der Waals surface area contributed by atoms with Crippen molar-refractivity contribution in [1.82, 2.24) is 19.8 Å². The topological polar surface area (TPSA) is 35.2 Å². The summed E-state index contributed by atoms with van der Waals surface area (Å²) in [4.78, 5) is 13.0. The summed E-state index contributed by atoms with van der Waals surface area (Å²) in [5.74, 6) is 0. The molecule has 168 valence electrons. The number of hydrogen-bond donors (Lipinski definition) is 2. The van der Waals surface area contributed by atoms with E-state index in [1.165, 1.54) is 33.3 Å². The maximum atomic E-state index is 6.40. The summed E-state index contributed by atoms with van der Waals surface area (Å²) >= 11 is 11.5. The lowest BCUT2D eigenvalue weighted by atomic mass is 9.88. The Morgan fingerprint density at radius 1 is 1.03 bits per heavy atom. The second-order valence-electron chi connectivity index (χ2n) is 9.41. The van der Waals surface area contributed by atoms with Crippen LogP contribution in [0.5, 0.6) is 0 Å². The van der Waals surface area contributed by atoms with Crippen LogP contribution in [-0.4, -0.2) is 43.9 Å². The van der Waals surface area contributed by atoms with Crippen LogP contribution < -0.4 is 0 Å². The summed E-state index contributed by atoms with van der Waals surface area (Å²) in [6.07, 6.45) is 4.68. The van der Waals surface area contributed by atoms with Crippen molar-refractivity contribution >= 4 is 35.1 Å². The number of thiol groups is 1. The van der Waals surface area contributed by atoms with Gasteiger partial charge < -0.3 is 4.98 Å². The number of H-pyrrole nitrogens is 1. The van der Waals surface area contributed by atoms with Crippen molar-refractivity contribution in [1.29, 1.82) is 0 Å². The average Bonchev–Trinajstić information content (AvgIpc) is 3.36. The minimum atomic E-state index is 0.0722. The van der Waals surface area contributed by atoms with E-state index in [1.54, 1.807) is 0 Å². The maximum absolute atomic E-state index is 6.40. The molecule has 0 radical (unpaired) electrons. The van der Waals surface area contributed by atoms with Crippen LogP contribution >= 0.6 is 24.2 Å². The summed E-state index contributed by atoms with van der Waals surface area (Å²) < 4.78 is 0. The Balaban J connectivity index is 1.48. The highest BCUT2D eigenvalue weighted by atomic mass is 35.5. The number of halogens is 1. The lowest BCUT2D eigenvalue weighted by Gasteiger charge is -2.40. The van der Waals surface area contributed by atoms with Crippen LogP contribution in [0.15, 0.2) is 67.0 Å². The third-order valence-corrected chi connectivity index (χ3v) is 8.02. The fourth-order valence-corrected chi connectivity index (χ4v) is 6.46. The van der Waals surface area contributed by atoms with Crippen LogP contribution in [-0.2, 0) is 6.42 Å². The van der Waals surface area contributed by atoms with E-state index in [4.69, 9.17) is 24.2 Å². The number of aromatic nitrogens is 2. The monoisotopic (exact) mass is 474 g/mol. The van der Waals surface area contributed by atoms with E-state index in [0.29, 0.717) is 12.1 Å². The predicted octanol–water partition coefficient (Wildman–Crippen LogP) is 6.14. The first kappa shape index (κ1) is 21.2. The highest BCUT2D eigenvalue weighted by Crippen LogP contribution is 2.46. The summed E-state index contributed by atoms with van der Waals surface area (Å²) in [5, 5.41) is 2.03. The van der Waals surface area contributed by atoms with Gasteiger partial charge in [-0.2, -0.15) is 0 Å². The van der Waals surface area contributed by atoms with E-state index >= 15 is 0 Å². The van der Waals surface area contributed by atoms with Crippen LogP contribution in [0.1, 0.15) is 36.7 Å². The molecule has 2 aliphatic heterocycles. The summed E-state index contributed by atoms with van der Waals surface area (Å²) in [6.45, 7) is 5.54. The SMILES string of the molecule is CC(C)N1CC2Cc3c([nH]c4ccc(Cl)cc34)C(c3ccc(-c4ccncc4)cc3)N2C1S. The first-order valence-corrected chi connectivity index (χ1v) is 12.4. The first-order chi connectivity index (χ1) is 16.0. The highest BCUT2D eigenvalue weighted by Gasteiger charge is 2.47.